The largest absolute Gasteiger partial charge is 0.445 e. The molecule has 4 unspecified atom stereocenters. The Morgan fingerprint density at radius 3 is 2.48 bits per heavy atom. The molecule has 0 spiro atoms. The summed E-state index contributed by atoms with van der Waals surface area (Å²) in [5, 5.41) is 12.7. The monoisotopic (exact) mass is 841 g/mol. The average molecular weight is 842 g/mol. The van der Waals surface area contributed by atoms with Crippen LogP contribution in [0.5, 0.6) is 0 Å². The van der Waals surface area contributed by atoms with Gasteiger partial charge in [0.2, 0.25) is 15.9 Å². The highest BCUT2D eigenvalue weighted by atomic mass is 127. The van der Waals surface area contributed by atoms with Crippen LogP contribution in [-0.2, 0) is 37.3 Å². The maximum Gasteiger partial charge on any atom is 0.426 e. The molecule has 3 amide bonds. The van der Waals surface area contributed by atoms with E-state index < -0.39 is 32.4 Å². The summed E-state index contributed by atoms with van der Waals surface area (Å²) in [6.45, 7) is 6.16. The summed E-state index contributed by atoms with van der Waals surface area (Å²) in [7, 11) is -3.91. The average Bonchev–Trinajstić information content (AvgIpc) is 3.86. The van der Waals surface area contributed by atoms with Crippen molar-refractivity contribution in [1.82, 2.24) is 10.3 Å². The van der Waals surface area contributed by atoms with Gasteiger partial charge >= 0.3 is 12.2 Å². The van der Waals surface area contributed by atoms with Gasteiger partial charge in [0.25, 0.3) is 0 Å². The molecule has 0 saturated heterocycles. The smallest absolute Gasteiger partial charge is 0.426 e. The Morgan fingerprint density at radius 1 is 0.981 bits per heavy atom. The van der Waals surface area contributed by atoms with Crippen molar-refractivity contribution in [2.24, 2.45) is 11.1 Å². The van der Waals surface area contributed by atoms with E-state index >= 15 is 0 Å². The number of pyridine rings is 1. The van der Waals surface area contributed by atoms with E-state index in [1.54, 1.807) is 30.3 Å². The number of carbonyl (C=O) groups excluding carboxylic acids is 3. The Hall–Kier alpha value is -4.28. The molecule has 4 N–H and O–H groups in total. The van der Waals surface area contributed by atoms with Crippen molar-refractivity contribution < 1.29 is 32.3 Å². The molecule has 1 aliphatic rings. The van der Waals surface area contributed by atoms with Crippen LogP contribution in [-0.4, -0.2) is 41.7 Å². The van der Waals surface area contributed by atoms with E-state index in [0.29, 0.717) is 28.4 Å². The minimum Gasteiger partial charge on any atom is -0.445 e. The second-order valence-electron chi connectivity index (χ2n) is 12.8. The molecule has 4 atom stereocenters. The molecule has 3 aromatic carbocycles. The Morgan fingerprint density at radius 2 is 1.75 bits per heavy atom. The molecular weight excluding hydrogens is 797 g/mol. The van der Waals surface area contributed by atoms with Crippen LogP contribution in [0.25, 0.3) is 10.8 Å². The molecule has 0 bridgehead atoms. The summed E-state index contributed by atoms with van der Waals surface area (Å²) in [6.07, 6.45) is 4.39. The summed E-state index contributed by atoms with van der Waals surface area (Å²) in [5.74, 6) is 0.00981. The first-order chi connectivity index (χ1) is 24.9. The van der Waals surface area contributed by atoms with Crippen LogP contribution in [0, 0.1) is 5.92 Å². The lowest BCUT2D eigenvalue weighted by molar-refractivity contribution is -0.122. The molecule has 1 aromatic heterocycles. The van der Waals surface area contributed by atoms with E-state index in [1.807, 2.05) is 66.8 Å². The van der Waals surface area contributed by atoms with Crippen LogP contribution in [0.3, 0.4) is 0 Å². The van der Waals surface area contributed by atoms with E-state index in [0.717, 1.165) is 48.1 Å². The number of nitrogens with one attached hydrogen (secondary N) is 2. The third-order valence-electron chi connectivity index (χ3n) is 8.79. The standard InChI is InChI=1S/C38H44IN5O7S/c1-4-9-27-22-32(27)50-37(46)44(38(47)51-33(39)10-5-2)35-31-16-15-29(21-26(31)17-18-41-35)43-34(28-13-7-11-24(6-3)19-28)36(45)42-23-25-12-8-14-30(20-25)52(40,48)49/h7-8,11-21,27,32-34,43H,4-6,9-10,22-23H2,1-3H3,(H,42,45)(H2,40,48,49). The second kappa shape index (κ2) is 17.5. The van der Waals surface area contributed by atoms with Crippen LogP contribution < -0.4 is 20.7 Å². The number of hydrogen-bond acceptors (Lipinski definition) is 9. The Bertz CT molecular complexity index is 2030. The van der Waals surface area contributed by atoms with E-state index in [4.69, 9.17) is 14.6 Å². The third kappa shape index (κ3) is 9.98. The first kappa shape index (κ1) is 38.9. The summed E-state index contributed by atoms with van der Waals surface area (Å²) in [5.41, 5.74) is 2.94. The molecule has 276 valence electrons. The van der Waals surface area contributed by atoms with Gasteiger partial charge in [-0.25, -0.2) is 28.1 Å². The number of ether oxygens (including phenoxy) is 2. The van der Waals surface area contributed by atoms with Gasteiger partial charge in [0.15, 0.2) is 9.93 Å². The highest BCUT2D eigenvalue weighted by Gasteiger charge is 2.42. The Balaban J connectivity index is 1.43. The van der Waals surface area contributed by atoms with Gasteiger partial charge in [0.1, 0.15) is 12.1 Å². The number of rotatable bonds is 15. The van der Waals surface area contributed by atoms with Crippen molar-refractivity contribution in [1.29, 1.82) is 0 Å². The SMILES string of the molecule is CCCC(I)OC(=O)N(C(=O)OC1CC1CCC)c1nccc2cc(NC(C(=O)NCc3cccc(S(N)(=O)=O)c3)c3cccc(CC)c3)ccc12. The number of nitrogens with two attached hydrogens (primary N) is 1. The highest BCUT2D eigenvalue weighted by molar-refractivity contribution is 14.1. The Kier molecular flexibility index (Phi) is 13.1. The third-order valence-corrected chi connectivity index (χ3v) is 10.6. The normalized spacial score (nSPS) is 16.4. The number of anilines is 2. The summed E-state index contributed by atoms with van der Waals surface area (Å²) >= 11 is 2.03. The molecule has 1 fully saturated rings. The van der Waals surface area contributed by atoms with E-state index in [2.05, 4.69) is 22.5 Å². The summed E-state index contributed by atoms with van der Waals surface area (Å²) < 4.78 is 34.7. The molecule has 1 aliphatic carbocycles. The number of nitrogens with zero attached hydrogens (tertiary/aromatic N) is 2. The molecule has 0 aliphatic heterocycles. The molecule has 4 aromatic rings. The van der Waals surface area contributed by atoms with Crippen LogP contribution in [0.4, 0.5) is 21.1 Å². The number of aromatic nitrogens is 1. The first-order valence-corrected chi connectivity index (χ1v) is 20.2. The number of hydrogen-bond donors (Lipinski definition) is 3. The summed E-state index contributed by atoms with van der Waals surface area (Å²) in [4.78, 5) is 46.2. The van der Waals surface area contributed by atoms with E-state index in [9.17, 15) is 22.8 Å². The van der Waals surface area contributed by atoms with Gasteiger partial charge in [-0.3, -0.25) is 4.79 Å². The lowest BCUT2D eigenvalue weighted by Gasteiger charge is -2.23. The van der Waals surface area contributed by atoms with Crippen LogP contribution in [0.15, 0.2) is 83.9 Å². The number of primary sulfonamides is 1. The topological polar surface area (TPSA) is 170 Å². The van der Waals surface area contributed by atoms with Crippen molar-refractivity contribution in [3.8, 4) is 0 Å². The summed E-state index contributed by atoms with van der Waals surface area (Å²) in [6, 6.07) is 20.0. The number of sulfonamides is 1. The van der Waals surface area contributed by atoms with Crippen LogP contribution in [0.2, 0.25) is 0 Å². The fraction of sp³-hybridized carbons (Fsp3) is 0.368. The molecule has 14 heteroatoms. The zero-order chi connectivity index (χ0) is 37.4. The molecule has 1 heterocycles. The van der Waals surface area contributed by atoms with Gasteiger partial charge in [-0.05, 0) is 113 Å². The molecule has 1 saturated carbocycles. The molecular formula is C38H44IN5O7S. The fourth-order valence-corrected chi connectivity index (χ4v) is 7.35. The molecule has 5 rings (SSSR count). The lowest BCUT2D eigenvalue weighted by Crippen LogP contribution is -2.40. The van der Waals surface area contributed by atoms with Gasteiger partial charge in [0.05, 0.1) is 4.90 Å². The van der Waals surface area contributed by atoms with Gasteiger partial charge in [-0.2, -0.15) is 4.90 Å². The number of benzene rings is 3. The van der Waals surface area contributed by atoms with Crippen molar-refractivity contribution in [2.75, 3.05) is 10.2 Å². The molecule has 0 radical (unpaired) electrons. The van der Waals surface area contributed by atoms with Crippen LogP contribution in [0.1, 0.15) is 75.6 Å². The number of aryl methyl sites for hydroxylation is 1. The quantitative estimate of drug-likeness (QED) is 0.0801. The minimum atomic E-state index is -3.91. The van der Waals surface area contributed by atoms with Gasteiger partial charge in [0, 0.05) is 23.8 Å². The Labute approximate surface area is 318 Å². The molecule has 52 heavy (non-hydrogen) atoms. The number of imide groups is 1. The maximum absolute atomic E-state index is 13.8. The van der Waals surface area contributed by atoms with Gasteiger partial charge in [-0.15, -0.1) is 0 Å². The molecule has 12 nitrogen and oxygen atoms in total. The zero-order valence-corrected chi connectivity index (χ0v) is 32.4. The maximum atomic E-state index is 13.8. The lowest BCUT2D eigenvalue weighted by atomic mass is 10.0. The minimum absolute atomic E-state index is 0.0435. The number of halogens is 1. The van der Waals surface area contributed by atoms with Gasteiger partial charge < -0.3 is 20.1 Å². The van der Waals surface area contributed by atoms with Crippen molar-refractivity contribution in [2.45, 2.75) is 87.0 Å². The van der Waals surface area contributed by atoms with Crippen molar-refractivity contribution in [3.05, 3.63) is 95.7 Å². The number of amides is 3. The van der Waals surface area contributed by atoms with Crippen molar-refractivity contribution in [3.63, 3.8) is 0 Å². The predicted molar refractivity (Wildman–Crippen MR) is 209 cm³/mol. The highest BCUT2D eigenvalue weighted by Crippen LogP contribution is 2.39. The van der Waals surface area contributed by atoms with Gasteiger partial charge in [-0.1, -0.05) is 70.0 Å². The second-order valence-corrected chi connectivity index (χ2v) is 15.7. The van der Waals surface area contributed by atoms with E-state index in [1.165, 1.54) is 18.3 Å². The fourth-order valence-electron chi connectivity index (χ4n) is 5.93. The van der Waals surface area contributed by atoms with Crippen molar-refractivity contribution >= 4 is 73.0 Å². The van der Waals surface area contributed by atoms with E-state index in [-0.39, 0.29) is 35.2 Å². The first-order valence-electron chi connectivity index (χ1n) is 17.4. The van der Waals surface area contributed by atoms with Crippen LogP contribution >= 0.6 is 22.6 Å². The zero-order valence-electron chi connectivity index (χ0n) is 29.4. The predicted octanol–water partition coefficient (Wildman–Crippen LogP) is 7.74. The number of alkyl halides is 1. The number of fused-ring (bicyclic) bond motifs is 1. The number of carbonyl (C=O) groups is 3.